The maximum absolute atomic E-state index is 5.91. The van der Waals surface area contributed by atoms with Gasteiger partial charge in [0.05, 0.1) is 5.69 Å². The summed E-state index contributed by atoms with van der Waals surface area (Å²) in [5.74, 6) is 1.38. The molecule has 0 aliphatic carbocycles. The summed E-state index contributed by atoms with van der Waals surface area (Å²) >= 11 is 1.59. The van der Waals surface area contributed by atoms with Gasteiger partial charge in [-0.2, -0.15) is 4.98 Å². The molecule has 0 bridgehead atoms. The third-order valence-electron chi connectivity index (χ3n) is 2.83. The van der Waals surface area contributed by atoms with E-state index in [4.69, 9.17) is 4.74 Å². The van der Waals surface area contributed by atoms with Crippen molar-refractivity contribution in [2.24, 2.45) is 0 Å². The van der Waals surface area contributed by atoms with Crippen molar-refractivity contribution in [1.29, 1.82) is 0 Å². The van der Waals surface area contributed by atoms with Gasteiger partial charge in [-0.3, -0.25) is 9.38 Å². The predicted molar refractivity (Wildman–Crippen MR) is 74.9 cm³/mol. The molecular weight excluding hydrogens is 260 g/mol. The van der Waals surface area contributed by atoms with E-state index in [1.807, 2.05) is 42.1 Å². The number of thiazole rings is 1. The monoisotopic (exact) mass is 274 g/mol. The van der Waals surface area contributed by atoms with Gasteiger partial charge in [-0.15, -0.1) is 11.3 Å². The predicted octanol–water partition coefficient (Wildman–Crippen LogP) is 2.61. The Morgan fingerprint density at radius 3 is 3.16 bits per heavy atom. The molecule has 0 saturated carbocycles. The average molecular weight is 274 g/mol. The van der Waals surface area contributed by atoms with Crippen LogP contribution in [0, 0.1) is 6.92 Å². The molecule has 0 aliphatic heterocycles. The fourth-order valence-corrected chi connectivity index (χ4v) is 2.63. The van der Waals surface area contributed by atoms with Gasteiger partial charge in [0.2, 0.25) is 5.88 Å². The van der Waals surface area contributed by atoms with Gasteiger partial charge in [-0.05, 0) is 26.1 Å². The van der Waals surface area contributed by atoms with Crippen molar-refractivity contribution in [2.45, 2.75) is 13.5 Å². The number of fused-ring (bicyclic) bond motifs is 1. The number of ether oxygens (including phenoxy) is 1. The van der Waals surface area contributed by atoms with Crippen LogP contribution in [0.4, 0.5) is 0 Å². The van der Waals surface area contributed by atoms with Crippen LogP contribution in [-0.2, 0) is 6.54 Å². The van der Waals surface area contributed by atoms with Crippen LogP contribution < -0.4 is 10.1 Å². The molecule has 0 spiro atoms. The van der Waals surface area contributed by atoms with Crippen LogP contribution >= 0.6 is 11.3 Å². The maximum Gasteiger partial charge on any atom is 0.243 e. The van der Waals surface area contributed by atoms with E-state index in [1.165, 1.54) is 0 Å². The van der Waals surface area contributed by atoms with Crippen LogP contribution in [0.15, 0.2) is 29.9 Å². The largest absolute Gasteiger partial charge is 0.435 e. The molecule has 98 valence electrons. The van der Waals surface area contributed by atoms with Gasteiger partial charge in [0.15, 0.2) is 10.7 Å². The summed E-state index contributed by atoms with van der Waals surface area (Å²) in [6.07, 6.45) is 3.76. The first-order valence-electron chi connectivity index (χ1n) is 5.98. The Labute approximate surface area is 114 Å². The Bertz CT molecular complexity index is 704. The summed E-state index contributed by atoms with van der Waals surface area (Å²) in [5.41, 5.74) is 1.87. The van der Waals surface area contributed by atoms with E-state index in [0.717, 1.165) is 22.1 Å². The number of pyridine rings is 1. The molecule has 0 aliphatic rings. The molecule has 5 nitrogen and oxygen atoms in total. The van der Waals surface area contributed by atoms with Crippen molar-refractivity contribution in [3.63, 3.8) is 0 Å². The number of hydrogen-bond donors (Lipinski definition) is 1. The second-order valence-electron chi connectivity index (χ2n) is 4.14. The lowest BCUT2D eigenvalue weighted by atomic mass is 10.3. The highest BCUT2D eigenvalue weighted by Crippen LogP contribution is 2.28. The molecule has 1 N–H and O–H groups in total. The summed E-state index contributed by atoms with van der Waals surface area (Å²) < 4.78 is 7.95. The van der Waals surface area contributed by atoms with Gasteiger partial charge < -0.3 is 10.1 Å². The molecule has 6 heteroatoms. The smallest absolute Gasteiger partial charge is 0.243 e. The van der Waals surface area contributed by atoms with Crippen LogP contribution in [0.5, 0.6) is 11.6 Å². The standard InChI is InChI=1S/C13H14N4OS/c1-9-11(4-3-5-15-9)18-12-10(8-14-2)17-6-7-19-13(17)16-12/h3-7,14H,8H2,1-2H3. The maximum atomic E-state index is 5.91. The summed E-state index contributed by atoms with van der Waals surface area (Å²) in [5, 5.41) is 5.16. The molecule has 0 unspecified atom stereocenters. The van der Waals surface area contributed by atoms with Crippen molar-refractivity contribution >= 4 is 16.3 Å². The molecule has 0 radical (unpaired) electrons. The highest BCUT2D eigenvalue weighted by Gasteiger charge is 2.15. The summed E-state index contributed by atoms with van der Waals surface area (Å²) in [7, 11) is 1.91. The van der Waals surface area contributed by atoms with Crippen molar-refractivity contribution in [2.75, 3.05) is 7.05 Å². The molecule has 3 heterocycles. The zero-order valence-electron chi connectivity index (χ0n) is 10.8. The average Bonchev–Trinajstić information content (AvgIpc) is 2.96. The third-order valence-corrected chi connectivity index (χ3v) is 3.59. The number of aryl methyl sites for hydroxylation is 1. The zero-order chi connectivity index (χ0) is 13.2. The van der Waals surface area contributed by atoms with Crippen LogP contribution in [0.3, 0.4) is 0 Å². The summed E-state index contributed by atoms with van der Waals surface area (Å²) in [6, 6.07) is 3.76. The van der Waals surface area contributed by atoms with Crippen LogP contribution in [0.2, 0.25) is 0 Å². The minimum Gasteiger partial charge on any atom is -0.435 e. The van der Waals surface area contributed by atoms with E-state index in [2.05, 4.69) is 15.3 Å². The van der Waals surface area contributed by atoms with Crippen molar-refractivity contribution < 1.29 is 4.74 Å². The normalized spacial score (nSPS) is 11.1. The topological polar surface area (TPSA) is 51.5 Å². The Balaban J connectivity index is 2.02. The third kappa shape index (κ3) is 2.20. The molecule has 0 saturated heterocycles. The van der Waals surface area contributed by atoms with Crippen molar-refractivity contribution in [3.05, 3.63) is 41.3 Å². The van der Waals surface area contributed by atoms with Crippen LogP contribution in [0.1, 0.15) is 11.4 Å². The summed E-state index contributed by atoms with van der Waals surface area (Å²) in [6.45, 7) is 2.62. The molecule has 0 fully saturated rings. The number of aromatic nitrogens is 3. The molecular formula is C13H14N4OS. The van der Waals surface area contributed by atoms with E-state index in [1.54, 1.807) is 17.5 Å². The molecule has 3 aromatic heterocycles. The highest BCUT2D eigenvalue weighted by atomic mass is 32.1. The minimum absolute atomic E-state index is 0.636. The molecule has 0 atom stereocenters. The molecule has 0 aromatic carbocycles. The fourth-order valence-electron chi connectivity index (χ4n) is 1.90. The Morgan fingerprint density at radius 2 is 2.37 bits per heavy atom. The van der Waals surface area contributed by atoms with Gasteiger partial charge in [-0.25, -0.2) is 0 Å². The van der Waals surface area contributed by atoms with E-state index < -0.39 is 0 Å². The van der Waals surface area contributed by atoms with Gasteiger partial charge >= 0.3 is 0 Å². The van der Waals surface area contributed by atoms with Crippen molar-refractivity contribution in [1.82, 2.24) is 19.7 Å². The van der Waals surface area contributed by atoms with Gasteiger partial charge in [0.1, 0.15) is 5.69 Å². The van der Waals surface area contributed by atoms with E-state index in [-0.39, 0.29) is 0 Å². The molecule has 0 amide bonds. The first-order valence-corrected chi connectivity index (χ1v) is 6.86. The second kappa shape index (κ2) is 4.99. The Kier molecular flexibility index (Phi) is 3.18. The van der Waals surface area contributed by atoms with Crippen molar-refractivity contribution in [3.8, 4) is 11.6 Å². The first kappa shape index (κ1) is 12.1. The molecule has 3 aromatic rings. The zero-order valence-corrected chi connectivity index (χ0v) is 11.6. The van der Waals surface area contributed by atoms with Gasteiger partial charge in [0, 0.05) is 24.3 Å². The van der Waals surface area contributed by atoms with Crippen LogP contribution in [0.25, 0.3) is 4.96 Å². The fraction of sp³-hybridized carbons (Fsp3) is 0.231. The van der Waals surface area contributed by atoms with E-state index >= 15 is 0 Å². The first-order chi connectivity index (χ1) is 9.29. The van der Waals surface area contributed by atoms with E-state index in [9.17, 15) is 0 Å². The van der Waals surface area contributed by atoms with E-state index in [0.29, 0.717) is 12.4 Å². The van der Waals surface area contributed by atoms with Gasteiger partial charge in [-0.1, -0.05) is 0 Å². The molecule has 3 rings (SSSR count). The minimum atomic E-state index is 0.636. The molecule has 19 heavy (non-hydrogen) atoms. The quantitative estimate of drug-likeness (QED) is 0.794. The lowest BCUT2D eigenvalue weighted by molar-refractivity contribution is 0.451. The number of hydrogen-bond acceptors (Lipinski definition) is 5. The Morgan fingerprint density at radius 1 is 1.47 bits per heavy atom. The highest BCUT2D eigenvalue weighted by molar-refractivity contribution is 7.15. The number of nitrogens with one attached hydrogen (secondary N) is 1. The lowest BCUT2D eigenvalue weighted by Crippen LogP contribution is -2.08. The Hall–Kier alpha value is -1.92. The van der Waals surface area contributed by atoms with Crippen LogP contribution in [-0.4, -0.2) is 21.4 Å². The number of imidazole rings is 1. The SMILES string of the molecule is CNCc1c(Oc2cccnc2C)nc2sccn12. The van der Waals surface area contributed by atoms with Gasteiger partial charge in [0.25, 0.3) is 0 Å². The number of nitrogens with zero attached hydrogens (tertiary/aromatic N) is 3. The second-order valence-corrected chi connectivity index (χ2v) is 5.01. The lowest BCUT2D eigenvalue weighted by Gasteiger charge is -2.07. The summed E-state index contributed by atoms with van der Waals surface area (Å²) in [4.78, 5) is 9.67. The number of rotatable bonds is 4.